The zero-order valence-corrected chi connectivity index (χ0v) is 16.8. The summed E-state index contributed by atoms with van der Waals surface area (Å²) in [6.45, 7) is 6.32. The number of benzene rings is 1. The molecule has 1 amide bonds. The van der Waals surface area contributed by atoms with Gasteiger partial charge in [-0.05, 0) is 57.7 Å². The number of rotatable bonds is 6. The van der Waals surface area contributed by atoms with E-state index >= 15 is 0 Å². The first-order valence-electron chi connectivity index (χ1n) is 10.3. The first kappa shape index (κ1) is 18.9. The number of Topliss-reactive ketones (excluding diaryl/α,β-unsaturated/α-hetero) is 1. The highest BCUT2D eigenvalue weighted by Crippen LogP contribution is 2.38. The predicted molar refractivity (Wildman–Crippen MR) is 110 cm³/mol. The van der Waals surface area contributed by atoms with Crippen molar-refractivity contribution in [3.8, 4) is 0 Å². The van der Waals surface area contributed by atoms with Gasteiger partial charge in [-0.3, -0.25) is 14.5 Å². The Balaban J connectivity index is 1.29. The van der Waals surface area contributed by atoms with Crippen LogP contribution in [0, 0.1) is 13.8 Å². The fourth-order valence-corrected chi connectivity index (χ4v) is 4.34. The molecule has 0 spiro atoms. The molecule has 2 aromatic rings. The molecule has 0 bridgehead atoms. The third kappa shape index (κ3) is 4.04. The van der Waals surface area contributed by atoms with E-state index in [1.54, 1.807) is 0 Å². The second-order valence-corrected chi connectivity index (χ2v) is 8.20. The molecule has 1 N–H and O–H groups in total. The number of hydrogen-bond donors (Lipinski definition) is 1. The van der Waals surface area contributed by atoms with E-state index in [1.807, 2.05) is 30.3 Å². The van der Waals surface area contributed by atoms with Crippen molar-refractivity contribution < 1.29 is 9.59 Å². The van der Waals surface area contributed by atoms with E-state index in [-0.39, 0.29) is 17.7 Å². The molecule has 1 aliphatic heterocycles. The largest absolute Gasteiger partial charge is 0.349 e. The lowest BCUT2D eigenvalue weighted by Crippen LogP contribution is -2.46. The van der Waals surface area contributed by atoms with Crippen LogP contribution in [0.1, 0.15) is 63.8 Å². The fraction of sp³-hybridized carbons (Fsp3) is 0.478. The van der Waals surface area contributed by atoms with Crippen LogP contribution in [0.3, 0.4) is 0 Å². The number of piperidine rings is 1. The molecule has 0 atom stereocenters. The molecular formula is C23H29N3O2. The van der Waals surface area contributed by atoms with Crippen molar-refractivity contribution in [2.45, 2.75) is 51.6 Å². The van der Waals surface area contributed by atoms with E-state index in [1.165, 1.54) is 18.5 Å². The molecule has 28 heavy (non-hydrogen) atoms. The minimum Gasteiger partial charge on any atom is -0.349 e. The van der Waals surface area contributed by atoms with Crippen LogP contribution in [-0.2, 0) is 0 Å². The molecule has 0 unspecified atom stereocenters. The zero-order chi connectivity index (χ0) is 19.7. The van der Waals surface area contributed by atoms with Crippen molar-refractivity contribution in [1.82, 2.24) is 14.8 Å². The monoisotopic (exact) mass is 379 g/mol. The fourth-order valence-electron chi connectivity index (χ4n) is 4.34. The summed E-state index contributed by atoms with van der Waals surface area (Å²) in [6, 6.07) is 12.2. The summed E-state index contributed by atoms with van der Waals surface area (Å²) < 4.78 is 2.33. The van der Waals surface area contributed by atoms with Crippen LogP contribution >= 0.6 is 0 Å². The molecule has 2 heterocycles. The quantitative estimate of drug-likeness (QED) is 0.782. The van der Waals surface area contributed by atoms with Crippen molar-refractivity contribution in [2.75, 3.05) is 19.6 Å². The molecule has 1 saturated carbocycles. The Bertz CT molecular complexity index is 859. The molecule has 1 aliphatic carbocycles. The Hall–Kier alpha value is -2.40. The summed E-state index contributed by atoms with van der Waals surface area (Å²) in [4.78, 5) is 27.4. The van der Waals surface area contributed by atoms with Gasteiger partial charge in [0, 0.05) is 47.7 Å². The van der Waals surface area contributed by atoms with E-state index in [4.69, 9.17) is 0 Å². The van der Waals surface area contributed by atoms with E-state index in [0.29, 0.717) is 18.2 Å². The van der Waals surface area contributed by atoms with Crippen molar-refractivity contribution in [3.05, 3.63) is 58.9 Å². The average molecular weight is 380 g/mol. The molecule has 1 aromatic carbocycles. The van der Waals surface area contributed by atoms with Gasteiger partial charge in [0.05, 0.1) is 6.54 Å². The molecule has 2 aliphatic rings. The van der Waals surface area contributed by atoms with Crippen LogP contribution < -0.4 is 5.32 Å². The maximum atomic E-state index is 12.9. The topological polar surface area (TPSA) is 54.3 Å². The van der Waals surface area contributed by atoms with Crippen LogP contribution in [0.25, 0.3) is 0 Å². The van der Waals surface area contributed by atoms with E-state index in [9.17, 15) is 9.59 Å². The lowest BCUT2D eigenvalue weighted by atomic mass is 10.0. The van der Waals surface area contributed by atoms with Crippen LogP contribution in [-0.4, -0.2) is 46.8 Å². The number of ketones is 1. The summed E-state index contributed by atoms with van der Waals surface area (Å²) in [7, 11) is 0. The van der Waals surface area contributed by atoms with Crippen LogP contribution in [0.2, 0.25) is 0 Å². The summed E-state index contributed by atoms with van der Waals surface area (Å²) in [5.74, 6) is 0.203. The number of aryl methyl sites for hydroxylation is 1. The van der Waals surface area contributed by atoms with Crippen molar-refractivity contribution in [1.29, 1.82) is 0 Å². The first-order chi connectivity index (χ1) is 13.5. The van der Waals surface area contributed by atoms with Gasteiger partial charge in [-0.2, -0.15) is 0 Å². The molecule has 0 radical (unpaired) electrons. The van der Waals surface area contributed by atoms with Crippen molar-refractivity contribution in [2.24, 2.45) is 0 Å². The lowest BCUT2D eigenvalue weighted by molar-refractivity contribution is 0.0858. The SMILES string of the molecule is Cc1cc(C(=O)CN2CCC(NC(=O)c3ccccc3)CC2)c(C)n1C1CC1. The molecule has 5 nitrogen and oxygen atoms in total. The lowest BCUT2D eigenvalue weighted by Gasteiger charge is -2.31. The van der Waals surface area contributed by atoms with Crippen LogP contribution in [0.15, 0.2) is 36.4 Å². The predicted octanol–water partition coefficient (Wildman–Crippen LogP) is 3.52. The number of nitrogens with zero attached hydrogens (tertiary/aromatic N) is 2. The first-order valence-corrected chi connectivity index (χ1v) is 10.3. The Kier molecular flexibility index (Phi) is 5.36. The summed E-state index contributed by atoms with van der Waals surface area (Å²) in [5.41, 5.74) is 3.90. The highest BCUT2D eigenvalue weighted by atomic mass is 16.1. The number of carbonyl (C=O) groups is 2. The molecule has 5 heteroatoms. The molecule has 1 aromatic heterocycles. The minimum atomic E-state index is -0.0114. The summed E-state index contributed by atoms with van der Waals surface area (Å²) in [6.07, 6.45) is 4.22. The van der Waals surface area contributed by atoms with E-state index < -0.39 is 0 Å². The van der Waals surface area contributed by atoms with Crippen LogP contribution in [0.5, 0.6) is 0 Å². The van der Waals surface area contributed by atoms with Gasteiger partial charge >= 0.3 is 0 Å². The number of carbonyl (C=O) groups excluding carboxylic acids is 2. The highest BCUT2D eigenvalue weighted by Gasteiger charge is 2.29. The third-order valence-corrected chi connectivity index (χ3v) is 6.02. The van der Waals surface area contributed by atoms with Crippen molar-refractivity contribution in [3.63, 3.8) is 0 Å². The van der Waals surface area contributed by atoms with Crippen LogP contribution in [0.4, 0.5) is 0 Å². The maximum Gasteiger partial charge on any atom is 0.251 e. The second-order valence-electron chi connectivity index (χ2n) is 8.20. The number of nitrogens with one attached hydrogen (secondary N) is 1. The number of aromatic nitrogens is 1. The molecule has 4 rings (SSSR count). The molecule has 148 valence electrons. The zero-order valence-electron chi connectivity index (χ0n) is 16.8. The Morgan fingerprint density at radius 2 is 1.71 bits per heavy atom. The average Bonchev–Trinajstić information content (AvgIpc) is 3.48. The van der Waals surface area contributed by atoms with Gasteiger partial charge in [-0.1, -0.05) is 18.2 Å². The Morgan fingerprint density at radius 3 is 2.36 bits per heavy atom. The normalized spacial score (nSPS) is 18.2. The summed E-state index contributed by atoms with van der Waals surface area (Å²) in [5, 5.41) is 3.13. The Morgan fingerprint density at radius 1 is 1.04 bits per heavy atom. The second kappa shape index (κ2) is 7.92. The van der Waals surface area contributed by atoms with Gasteiger partial charge in [0.2, 0.25) is 0 Å². The molecule has 1 saturated heterocycles. The third-order valence-electron chi connectivity index (χ3n) is 6.02. The van der Waals surface area contributed by atoms with Gasteiger partial charge in [-0.15, -0.1) is 0 Å². The van der Waals surface area contributed by atoms with Gasteiger partial charge in [0.1, 0.15) is 0 Å². The maximum absolute atomic E-state index is 12.9. The van der Waals surface area contributed by atoms with Crippen molar-refractivity contribution >= 4 is 11.7 Å². The number of amides is 1. The van der Waals surface area contributed by atoms with E-state index in [2.05, 4.69) is 34.7 Å². The van der Waals surface area contributed by atoms with Gasteiger partial charge in [-0.25, -0.2) is 0 Å². The molecular weight excluding hydrogens is 350 g/mol. The van der Waals surface area contributed by atoms with Gasteiger partial charge < -0.3 is 9.88 Å². The summed E-state index contributed by atoms with van der Waals surface area (Å²) >= 11 is 0. The highest BCUT2D eigenvalue weighted by molar-refractivity contribution is 5.99. The van der Waals surface area contributed by atoms with E-state index in [0.717, 1.165) is 37.2 Å². The smallest absolute Gasteiger partial charge is 0.251 e. The molecule has 2 fully saturated rings. The number of hydrogen-bond acceptors (Lipinski definition) is 3. The standard InChI is InChI=1S/C23H29N3O2/c1-16-14-21(17(2)26(16)20-8-9-20)22(27)15-25-12-10-19(11-13-25)24-23(28)18-6-4-3-5-7-18/h3-7,14,19-20H,8-13,15H2,1-2H3,(H,24,28). The van der Waals surface area contributed by atoms with Gasteiger partial charge in [0.25, 0.3) is 5.91 Å². The van der Waals surface area contributed by atoms with Gasteiger partial charge in [0.15, 0.2) is 5.78 Å². The number of likely N-dealkylation sites (tertiary alicyclic amines) is 1. The Labute approximate surface area is 166 Å². The minimum absolute atomic E-state index is 0.0114.